The van der Waals surface area contributed by atoms with Crippen molar-refractivity contribution in [1.82, 2.24) is 10.0 Å². The highest BCUT2D eigenvalue weighted by atomic mass is 35.5. The number of likely N-dealkylation sites (N-methyl/N-ethyl adjacent to an activating group) is 1. The lowest BCUT2D eigenvalue weighted by Gasteiger charge is -2.28. The van der Waals surface area contributed by atoms with Gasteiger partial charge in [-0.1, -0.05) is 11.6 Å². The van der Waals surface area contributed by atoms with Gasteiger partial charge in [0.2, 0.25) is 5.88 Å². The SMILES string of the molecule is CON(C)C(=O)C1CCc2c(-c3ccc(F)cc3F)cc(Cl)nc2O1. The maximum Gasteiger partial charge on any atom is 0.286 e. The molecule has 1 atom stereocenters. The van der Waals surface area contributed by atoms with Crippen molar-refractivity contribution in [3.63, 3.8) is 0 Å². The quantitative estimate of drug-likeness (QED) is 0.615. The molecular formula is C17H15ClF2N2O3. The van der Waals surface area contributed by atoms with E-state index >= 15 is 0 Å². The monoisotopic (exact) mass is 368 g/mol. The van der Waals surface area contributed by atoms with Gasteiger partial charge in [0.05, 0.1) is 7.11 Å². The summed E-state index contributed by atoms with van der Waals surface area (Å²) in [5, 5.41) is 1.16. The number of hydrogen-bond donors (Lipinski definition) is 0. The summed E-state index contributed by atoms with van der Waals surface area (Å²) in [6.07, 6.45) is 0.0347. The first kappa shape index (κ1) is 17.6. The molecule has 0 spiro atoms. The van der Waals surface area contributed by atoms with Gasteiger partial charge in [-0.05, 0) is 36.6 Å². The van der Waals surface area contributed by atoms with Gasteiger partial charge in [-0.15, -0.1) is 0 Å². The Balaban J connectivity index is 2.00. The molecule has 8 heteroatoms. The molecule has 1 aromatic carbocycles. The van der Waals surface area contributed by atoms with Crippen LogP contribution in [0.3, 0.4) is 0 Å². The Morgan fingerprint density at radius 1 is 1.36 bits per heavy atom. The van der Waals surface area contributed by atoms with E-state index in [1.807, 2.05) is 0 Å². The van der Waals surface area contributed by atoms with Crippen LogP contribution in [-0.4, -0.2) is 36.2 Å². The normalized spacial score (nSPS) is 16.1. The van der Waals surface area contributed by atoms with Gasteiger partial charge >= 0.3 is 0 Å². The lowest BCUT2D eigenvalue weighted by Crippen LogP contribution is -2.41. The van der Waals surface area contributed by atoms with Crippen LogP contribution in [0.2, 0.25) is 5.15 Å². The second-order valence-corrected chi connectivity index (χ2v) is 5.95. The van der Waals surface area contributed by atoms with Crippen LogP contribution in [0, 0.1) is 11.6 Å². The molecule has 0 bridgehead atoms. The summed E-state index contributed by atoms with van der Waals surface area (Å²) in [6, 6.07) is 4.82. The van der Waals surface area contributed by atoms with Gasteiger partial charge < -0.3 is 4.74 Å². The lowest BCUT2D eigenvalue weighted by molar-refractivity contribution is -0.177. The standard InChI is InChI=1S/C17H15ClF2N2O3/c1-22(24-2)17(23)14-6-5-11-12(8-15(18)21-16(11)25-14)10-4-3-9(19)7-13(10)20/h3-4,7-8,14H,5-6H2,1-2H3. The number of benzene rings is 1. The summed E-state index contributed by atoms with van der Waals surface area (Å²) in [7, 11) is 2.85. The highest BCUT2D eigenvalue weighted by Crippen LogP contribution is 2.37. The third-order valence-electron chi connectivity index (χ3n) is 4.05. The van der Waals surface area contributed by atoms with Crippen molar-refractivity contribution >= 4 is 17.5 Å². The number of halogens is 3. The second-order valence-electron chi connectivity index (χ2n) is 5.56. The van der Waals surface area contributed by atoms with Crippen LogP contribution in [0.25, 0.3) is 11.1 Å². The lowest BCUT2D eigenvalue weighted by atomic mass is 9.94. The molecule has 1 aliphatic rings. The van der Waals surface area contributed by atoms with E-state index in [1.54, 1.807) is 0 Å². The van der Waals surface area contributed by atoms with Crippen LogP contribution >= 0.6 is 11.6 Å². The average Bonchev–Trinajstić information content (AvgIpc) is 2.59. The van der Waals surface area contributed by atoms with Crippen molar-refractivity contribution < 1.29 is 23.1 Å². The minimum Gasteiger partial charge on any atom is -0.464 e. The van der Waals surface area contributed by atoms with E-state index in [9.17, 15) is 13.6 Å². The summed E-state index contributed by atoms with van der Waals surface area (Å²) >= 11 is 6.02. The predicted octanol–water partition coefficient (Wildman–Crippen LogP) is 3.39. The van der Waals surface area contributed by atoms with Crippen LogP contribution in [0.15, 0.2) is 24.3 Å². The number of hydroxylamine groups is 2. The largest absolute Gasteiger partial charge is 0.464 e. The van der Waals surface area contributed by atoms with Gasteiger partial charge in [-0.3, -0.25) is 9.63 Å². The van der Waals surface area contributed by atoms with E-state index in [1.165, 1.54) is 32.4 Å². The number of hydrogen-bond acceptors (Lipinski definition) is 4. The van der Waals surface area contributed by atoms with Crippen molar-refractivity contribution in [2.75, 3.05) is 14.2 Å². The van der Waals surface area contributed by atoms with Crippen LogP contribution < -0.4 is 4.74 Å². The molecule has 0 fully saturated rings. The molecule has 0 saturated carbocycles. The van der Waals surface area contributed by atoms with E-state index in [4.69, 9.17) is 21.2 Å². The Kier molecular flexibility index (Phi) is 4.87. The summed E-state index contributed by atoms with van der Waals surface area (Å²) < 4.78 is 33.0. The van der Waals surface area contributed by atoms with Crippen molar-refractivity contribution in [3.05, 3.63) is 46.6 Å². The number of ether oxygens (including phenoxy) is 1. The Morgan fingerprint density at radius 3 is 2.80 bits per heavy atom. The number of rotatable bonds is 3. The van der Waals surface area contributed by atoms with Gasteiger partial charge in [0.1, 0.15) is 16.8 Å². The summed E-state index contributed by atoms with van der Waals surface area (Å²) in [5.74, 6) is -1.56. The average molecular weight is 369 g/mol. The molecule has 1 amide bonds. The molecule has 0 N–H and O–H groups in total. The molecule has 0 radical (unpaired) electrons. The molecule has 5 nitrogen and oxygen atoms in total. The maximum atomic E-state index is 14.2. The fourth-order valence-electron chi connectivity index (χ4n) is 2.74. The van der Waals surface area contributed by atoms with Gasteiger partial charge in [0.25, 0.3) is 5.91 Å². The van der Waals surface area contributed by atoms with Gasteiger partial charge in [0, 0.05) is 24.2 Å². The number of nitrogens with zero attached hydrogens (tertiary/aromatic N) is 2. The number of amides is 1. The first-order valence-electron chi connectivity index (χ1n) is 7.54. The number of pyridine rings is 1. The van der Waals surface area contributed by atoms with E-state index in [2.05, 4.69) is 4.98 Å². The Hall–Kier alpha value is -2.25. The highest BCUT2D eigenvalue weighted by Gasteiger charge is 2.31. The van der Waals surface area contributed by atoms with E-state index < -0.39 is 17.7 Å². The molecular weight excluding hydrogens is 354 g/mol. The zero-order valence-electron chi connectivity index (χ0n) is 13.6. The molecule has 0 saturated heterocycles. The first-order valence-corrected chi connectivity index (χ1v) is 7.91. The van der Waals surface area contributed by atoms with Gasteiger partial charge in [0.15, 0.2) is 6.10 Å². The summed E-state index contributed by atoms with van der Waals surface area (Å²) in [6.45, 7) is 0. The fraction of sp³-hybridized carbons (Fsp3) is 0.294. The molecule has 0 aliphatic carbocycles. The minimum absolute atomic E-state index is 0.0886. The molecule has 1 unspecified atom stereocenters. The Labute approximate surface area is 148 Å². The van der Waals surface area contributed by atoms with Gasteiger partial charge in [-0.25, -0.2) is 18.8 Å². The fourth-order valence-corrected chi connectivity index (χ4v) is 2.93. The van der Waals surface area contributed by atoms with E-state index in [0.29, 0.717) is 24.0 Å². The molecule has 2 heterocycles. The number of aromatic nitrogens is 1. The molecule has 1 aromatic heterocycles. The van der Waals surface area contributed by atoms with Crippen LogP contribution in [0.5, 0.6) is 5.88 Å². The number of carbonyl (C=O) groups excluding carboxylic acids is 1. The predicted molar refractivity (Wildman–Crippen MR) is 87.1 cm³/mol. The Morgan fingerprint density at radius 2 is 2.12 bits per heavy atom. The van der Waals surface area contributed by atoms with Gasteiger partial charge in [-0.2, -0.15) is 0 Å². The van der Waals surface area contributed by atoms with Crippen LogP contribution in [-0.2, 0) is 16.1 Å². The third kappa shape index (κ3) is 3.43. The van der Waals surface area contributed by atoms with Crippen molar-refractivity contribution in [3.8, 4) is 17.0 Å². The zero-order chi connectivity index (χ0) is 18.1. The van der Waals surface area contributed by atoms with E-state index in [0.717, 1.165) is 11.1 Å². The topological polar surface area (TPSA) is 51.7 Å². The first-order chi connectivity index (χ1) is 11.9. The van der Waals surface area contributed by atoms with Crippen molar-refractivity contribution in [1.29, 1.82) is 0 Å². The second kappa shape index (κ2) is 6.93. The molecule has 132 valence electrons. The van der Waals surface area contributed by atoms with Crippen molar-refractivity contribution in [2.45, 2.75) is 18.9 Å². The summed E-state index contributed by atoms with van der Waals surface area (Å²) in [4.78, 5) is 21.2. The number of fused-ring (bicyclic) bond motifs is 1. The van der Waals surface area contributed by atoms with Crippen LogP contribution in [0.4, 0.5) is 8.78 Å². The third-order valence-corrected chi connectivity index (χ3v) is 4.24. The highest BCUT2D eigenvalue weighted by molar-refractivity contribution is 6.29. The Bertz CT molecular complexity index is 832. The minimum atomic E-state index is -0.769. The molecule has 1 aliphatic heterocycles. The number of carbonyl (C=O) groups is 1. The zero-order valence-corrected chi connectivity index (χ0v) is 14.3. The molecule has 3 rings (SSSR count). The van der Waals surface area contributed by atoms with E-state index in [-0.39, 0.29) is 22.5 Å². The maximum absolute atomic E-state index is 14.2. The molecule has 25 heavy (non-hydrogen) atoms. The van der Waals surface area contributed by atoms with Crippen LogP contribution in [0.1, 0.15) is 12.0 Å². The molecule has 2 aromatic rings. The summed E-state index contributed by atoms with van der Waals surface area (Å²) in [5.41, 5.74) is 1.29. The van der Waals surface area contributed by atoms with Crippen molar-refractivity contribution in [2.24, 2.45) is 0 Å². The smallest absolute Gasteiger partial charge is 0.286 e.